The Morgan fingerprint density at radius 2 is 1.80 bits per heavy atom. The summed E-state index contributed by atoms with van der Waals surface area (Å²) in [7, 11) is -2.44. The maximum Gasteiger partial charge on any atom is 0.295 e. The second kappa shape index (κ2) is 10.1. The standard InChI is InChI=1S/C28H36ClF2N3O5Si/c1-26(2,3)40(6,7)36-14-28(30,31)18-11-9-8-10-16(18)19(35)20-21-22(39-27(4,5)38-21)25(37-20)34-13-12-17-23(29)32-15-33-24(17)34/h8-13,15,19-22,25,35H,14H2,1-7H3/t19-,20-,21-,22-,25?/m1/s1. The van der Waals surface area contributed by atoms with Gasteiger partial charge in [0.25, 0.3) is 5.92 Å². The molecule has 3 aromatic rings. The van der Waals surface area contributed by atoms with Gasteiger partial charge in [0.1, 0.15) is 48.2 Å². The van der Waals surface area contributed by atoms with Gasteiger partial charge in [0.05, 0.1) is 5.39 Å². The quantitative estimate of drug-likeness (QED) is 0.251. The lowest BCUT2D eigenvalue weighted by atomic mass is 9.92. The van der Waals surface area contributed by atoms with Gasteiger partial charge in [-0.15, -0.1) is 0 Å². The zero-order valence-corrected chi connectivity index (χ0v) is 25.4. The minimum atomic E-state index is -3.35. The van der Waals surface area contributed by atoms with Crippen LogP contribution in [0.15, 0.2) is 42.9 Å². The molecule has 0 amide bonds. The first-order valence-corrected chi connectivity index (χ1v) is 16.6. The van der Waals surface area contributed by atoms with Crippen LogP contribution >= 0.6 is 11.6 Å². The lowest BCUT2D eigenvalue weighted by molar-refractivity contribution is -0.207. The Hall–Kier alpha value is -1.99. The molecule has 2 fully saturated rings. The van der Waals surface area contributed by atoms with Crippen LogP contribution in [0.2, 0.25) is 23.3 Å². The summed E-state index contributed by atoms with van der Waals surface area (Å²) in [6, 6.07) is 7.72. The fraction of sp³-hybridized carbons (Fsp3) is 0.571. The summed E-state index contributed by atoms with van der Waals surface area (Å²) >= 11 is 6.25. The molecule has 0 bridgehead atoms. The highest BCUT2D eigenvalue weighted by atomic mass is 35.5. The highest BCUT2D eigenvalue weighted by Gasteiger charge is 2.58. The van der Waals surface area contributed by atoms with Crippen molar-refractivity contribution in [1.82, 2.24) is 14.5 Å². The highest BCUT2D eigenvalue weighted by molar-refractivity contribution is 6.74. The average molecular weight is 596 g/mol. The molecule has 8 nitrogen and oxygen atoms in total. The maximum absolute atomic E-state index is 15.7. The molecule has 12 heteroatoms. The predicted octanol–water partition coefficient (Wildman–Crippen LogP) is 6.35. The topological polar surface area (TPSA) is 87.9 Å². The van der Waals surface area contributed by atoms with Crippen LogP contribution in [0.4, 0.5) is 8.78 Å². The molecule has 2 saturated heterocycles. The molecule has 4 heterocycles. The van der Waals surface area contributed by atoms with Gasteiger partial charge >= 0.3 is 0 Å². The van der Waals surface area contributed by atoms with Crippen molar-refractivity contribution in [1.29, 1.82) is 0 Å². The van der Waals surface area contributed by atoms with Crippen LogP contribution in [0.5, 0.6) is 0 Å². The molecule has 2 aliphatic heterocycles. The van der Waals surface area contributed by atoms with E-state index in [-0.39, 0.29) is 21.3 Å². The Morgan fingerprint density at radius 1 is 1.12 bits per heavy atom. The third-order valence-corrected chi connectivity index (χ3v) is 13.0. The van der Waals surface area contributed by atoms with E-state index in [1.165, 1.54) is 24.5 Å². The third-order valence-electron chi connectivity index (χ3n) is 8.20. The number of aliphatic hydroxyl groups excluding tert-OH is 1. The van der Waals surface area contributed by atoms with E-state index in [1.54, 1.807) is 36.7 Å². The van der Waals surface area contributed by atoms with Crippen LogP contribution in [0.25, 0.3) is 11.0 Å². The molecule has 2 aliphatic rings. The molecule has 40 heavy (non-hydrogen) atoms. The molecule has 0 radical (unpaired) electrons. The molecule has 5 rings (SSSR count). The van der Waals surface area contributed by atoms with E-state index in [1.807, 2.05) is 33.9 Å². The number of alkyl halides is 2. The zero-order valence-electron chi connectivity index (χ0n) is 23.7. The fourth-order valence-electron chi connectivity index (χ4n) is 5.06. The first kappa shape index (κ1) is 29.5. The summed E-state index contributed by atoms with van der Waals surface area (Å²) < 4.78 is 57.8. The largest absolute Gasteiger partial charge is 0.410 e. The van der Waals surface area contributed by atoms with Gasteiger partial charge in [-0.2, -0.15) is 8.78 Å². The van der Waals surface area contributed by atoms with Crippen molar-refractivity contribution in [2.24, 2.45) is 0 Å². The van der Waals surface area contributed by atoms with Crippen molar-refractivity contribution >= 4 is 31.0 Å². The second-order valence-corrected chi connectivity index (χ2v) is 17.6. The summed E-state index contributed by atoms with van der Waals surface area (Å²) in [5.74, 6) is -4.33. The molecule has 1 unspecified atom stereocenters. The van der Waals surface area contributed by atoms with Crippen molar-refractivity contribution in [3.05, 3.63) is 59.1 Å². The van der Waals surface area contributed by atoms with Gasteiger partial charge in [0.2, 0.25) is 0 Å². The van der Waals surface area contributed by atoms with Crippen LogP contribution in [0.1, 0.15) is 58.1 Å². The number of ether oxygens (including phenoxy) is 3. The van der Waals surface area contributed by atoms with E-state index < -0.39 is 57.3 Å². The monoisotopic (exact) mass is 595 g/mol. The third kappa shape index (κ3) is 5.21. The number of aromatic nitrogens is 3. The van der Waals surface area contributed by atoms with Gasteiger partial charge < -0.3 is 28.3 Å². The smallest absolute Gasteiger partial charge is 0.295 e. The van der Waals surface area contributed by atoms with Crippen LogP contribution in [0, 0.1) is 0 Å². The number of hydrogen-bond acceptors (Lipinski definition) is 7. The van der Waals surface area contributed by atoms with Gasteiger partial charge in [-0.05, 0) is 43.6 Å². The molecule has 1 aromatic carbocycles. The lowest BCUT2D eigenvalue weighted by Gasteiger charge is -2.37. The Morgan fingerprint density at radius 3 is 2.50 bits per heavy atom. The SMILES string of the molecule is CC1(C)O[C@@H]2[C@@H]([C@H](O)c3ccccc3C(F)(F)CO[Si](C)(C)C(C)(C)C)OC(n3ccc4c(Cl)ncnc43)[C@@H]2O1. The Kier molecular flexibility index (Phi) is 7.43. The number of halogens is 3. The number of hydrogen-bond donors (Lipinski definition) is 1. The van der Waals surface area contributed by atoms with Crippen LogP contribution in [-0.4, -0.2) is 58.7 Å². The van der Waals surface area contributed by atoms with Crippen molar-refractivity contribution < 1.29 is 32.5 Å². The molecule has 0 aliphatic carbocycles. The van der Waals surface area contributed by atoms with Gasteiger partial charge in [0, 0.05) is 11.8 Å². The lowest BCUT2D eigenvalue weighted by Crippen LogP contribution is -2.43. The van der Waals surface area contributed by atoms with Crippen LogP contribution in [0.3, 0.4) is 0 Å². The number of fused-ring (bicyclic) bond motifs is 2. The van der Waals surface area contributed by atoms with Crippen molar-refractivity contribution in [2.75, 3.05) is 6.61 Å². The summed E-state index contributed by atoms with van der Waals surface area (Å²) in [6.07, 6.45) is -1.50. The highest BCUT2D eigenvalue weighted by Crippen LogP contribution is 2.48. The number of rotatable bonds is 7. The molecular formula is C28H36ClF2N3O5Si. The van der Waals surface area contributed by atoms with E-state index in [4.69, 9.17) is 30.2 Å². The van der Waals surface area contributed by atoms with Crippen molar-refractivity contribution in [3.63, 3.8) is 0 Å². The predicted molar refractivity (Wildman–Crippen MR) is 149 cm³/mol. The second-order valence-electron chi connectivity index (χ2n) is 12.5. The summed E-state index contributed by atoms with van der Waals surface area (Å²) in [4.78, 5) is 8.37. The van der Waals surface area contributed by atoms with Gasteiger partial charge in [-0.1, -0.05) is 56.6 Å². The normalized spacial score (nSPS) is 25.9. The number of nitrogens with zero attached hydrogens (tertiary/aromatic N) is 3. The maximum atomic E-state index is 15.7. The van der Waals surface area contributed by atoms with E-state index in [9.17, 15) is 5.11 Å². The first-order valence-electron chi connectivity index (χ1n) is 13.3. The average Bonchev–Trinajstić information content (AvgIpc) is 3.53. The first-order chi connectivity index (χ1) is 18.5. The van der Waals surface area contributed by atoms with E-state index in [0.29, 0.717) is 11.0 Å². The Bertz CT molecular complexity index is 1400. The fourth-order valence-corrected chi connectivity index (χ4v) is 6.23. The van der Waals surface area contributed by atoms with E-state index >= 15 is 8.78 Å². The van der Waals surface area contributed by atoms with Gasteiger partial charge in [0.15, 0.2) is 20.3 Å². The molecule has 0 spiro atoms. The molecule has 5 atom stereocenters. The minimum absolute atomic E-state index is 0.0479. The number of benzene rings is 1. The van der Waals surface area contributed by atoms with E-state index in [0.717, 1.165) is 0 Å². The number of aliphatic hydroxyl groups is 1. The minimum Gasteiger partial charge on any atom is -0.410 e. The molecular weight excluding hydrogens is 560 g/mol. The summed E-state index contributed by atoms with van der Waals surface area (Å²) in [6.45, 7) is 12.6. The molecule has 0 saturated carbocycles. The van der Waals surface area contributed by atoms with Crippen LogP contribution in [-0.2, 0) is 24.6 Å². The summed E-state index contributed by atoms with van der Waals surface area (Å²) in [5, 5.41) is 12.3. The van der Waals surface area contributed by atoms with Crippen LogP contribution < -0.4 is 0 Å². The molecule has 1 N–H and O–H groups in total. The zero-order chi connectivity index (χ0) is 29.3. The Balaban J connectivity index is 1.47. The molecule has 2 aromatic heterocycles. The summed E-state index contributed by atoms with van der Waals surface area (Å²) in [5.41, 5.74) is 0.252. The molecule has 218 valence electrons. The van der Waals surface area contributed by atoms with E-state index in [2.05, 4.69) is 9.97 Å². The van der Waals surface area contributed by atoms with Gasteiger partial charge in [-0.3, -0.25) is 0 Å². The van der Waals surface area contributed by atoms with Gasteiger partial charge in [-0.25, -0.2) is 9.97 Å². The van der Waals surface area contributed by atoms with Crippen molar-refractivity contribution in [3.8, 4) is 0 Å². The van der Waals surface area contributed by atoms with Crippen molar-refractivity contribution in [2.45, 2.75) is 95.1 Å². The Labute approximate surface area is 238 Å².